The van der Waals surface area contributed by atoms with Crippen molar-refractivity contribution in [1.82, 2.24) is 10.1 Å². The van der Waals surface area contributed by atoms with Gasteiger partial charge >= 0.3 is 0 Å². The molecule has 6 heteroatoms. The SMILES string of the molecule is Cc1noc(C(C)C)c1C(=O)N1CCN(c2cccc(O)c2)CC1. The number of aromatic nitrogens is 1. The second kappa shape index (κ2) is 6.55. The first-order valence-corrected chi connectivity index (χ1v) is 8.26. The largest absolute Gasteiger partial charge is 0.508 e. The first kappa shape index (κ1) is 16.4. The topological polar surface area (TPSA) is 69.8 Å². The Balaban J connectivity index is 1.71. The Bertz CT molecular complexity index is 731. The molecule has 0 spiro atoms. The zero-order chi connectivity index (χ0) is 17.3. The maximum absolute atomic E-state index is 12.9. The van der Waals surface area contributed by atoms with E-state index >= 15 is 0 Å². The van der Waals surface area contributed by atoms with E-state index in [1.807, 2.05) is 37.8 Å². The number of carbonyl (C=O) groups is 1. The van der Waals surface area contributed by atoms with Gasteiger partial charge in [-0.3, -0.25) is 4.79 Å². The third-order valence-corrected chi connectivity index (χ3v) is 4.39. The fourth-order valence-corrected chi connectivity index (χ4v) is 3.06. The number of phenols is 1. The molecule has 0 aliphatic carbocycles. The van der Waals surface area contributed by atoms with Crippen LogP contribution in [-0.4, -0.2) is 47.2 Å². The second-order valence-electron chi connectivity index (χ2n) is 6.46. The Morgan fingerprint density at radius 3 is 2.58 bits per heavy atom. The molecule has 128 valence electrons. The van der Waals surface area contributed by atoms with Crippen LogP contribution in [0.1, 0.15) is 41.6 Å². The third kappa shape index (κ3) is 3.09. The number of nitrogens with zero attached hydrogens (tertiary/aromatic N) is 3. The summed E-state index contributed by atoms with van der Waals surface area (Å²) in [6.45, 7) is 8.54. The summed E-state index contributed by atoms with van der Waals surface area (Å²) >= 11 is 0. The van der Waals surface area contributed by atoms with Crippen LogP contribution >= 0.6 is 0 Å². The molecule has 6 nitrogen and oxygen atoms in total. The summed E-state index contributed by atoms with van der Waals surface area (Å²) in [7, 11) is 0. The Labute approximate surface area is 141 Å². The molecule has 0 bridgehead atoms. The van der Waals surface area contributed by atoms with Crippen LogP contribution in [0.25, 0.3) is 0 Å². The number of anilines is 1. The molecule has 0 radical (unpaired) electrons. The van der Waals surface area contributed by atoms with E-state index in [-0.39, 0.29) is 17.6 Å². The maximum atomic E-state index is 12.9. The van der Waals surface area contributed by atoms with Crippen molar-refractivity contribution in [3.8, 4) is 5.75 Å². The van der Waals surface area contributed by atoms with E-state index < -0.39 is 0 Å². The number of aromatic hydroxyl groups is 1. The lowest BCUT2D eigenvalue weighted by Gasteiger charge is -2.36. The van der Waals surface area contributed by atoms with Gasteiger partial charge in [-0.25, -0.2) is 0 Å². The molecule has 2 aromatic rings. The molecule has 1 aliphatic heterocycles. The molecule has 1 aromatic heterocycles. The van der Waals surface area contributed by atoms with Gasteiger partial charge < -0.3 is 19.4 Å². The number of phenolic OH excluding ortho intramolecular Hbond substituents is 1. The van der Waals surface area contributed by atoms with Gasteiger partial charge in [0, 0.05) is 43.9 Å². The van der Waals surface area contributed by atoms with Gasteiger partial charge in [-0.15, -0.1) is 0 Å². The molecule has 3 rings (SSSR count). The molecule has 1 saturated heterocycles. The standard InChI is InChI=1S/C18H23N3O3/c1-12(2)17-16(13(3)19-24-17)18(23)21-9-7-20(8-10-21)14-5-4-6-15(22)11-14/h4-6,11-12,22H,7-10H2,1-3H3. The summed E-state index contributed by atoms with van der Waals surface area (Å²) in [5, 5.41) is 13.6. The number of aryl methyl sites for hydroxylation is 1. The molecular weight excluding hydrogens is 306 g/mol. The quantitative estimate of drug-likeness (QED) is 0.937. The number of piperazine rings is 1. The molecule has 1 N–H and O–H groups in total. The molecule has 1 aromatic carbocycles. The number of hydrogen-bond donors (Lipinski definition) is 1. The van der Waals surface area contributed by atoms with E-state index in [1.165, 1.54) is 0 Å². The van der Waals surface area contributed by atoms with Crippen molar-refractivity contribution in [3.05, 3.63) is 41.3 Å². The number of hydrogen-bond acceptors (Lipinski definition) is 5. The zero-order valence-electron chi connectivity index (χ0n) is 14.3. The summed E-state index contributed by atoms with van der Waals surface area (Å²) in [4.78, 5) is 16.9. The predicted molar refractivity (Wildman–Crippen MR) is 91.6 cm³/mol. The Hall–Kier alpha value is -2.50. The van der Waals surface area contributed by atoms with Gasteiger partial charge in [-0.1, -0.05) is 25.1 Å². The van der Waals surface area contributed by atoms with Gasteiger partial charge in [0.05, 0.1) is 5.69 Å². The van der Waals surface area contributed by atoms with Crippen molar-refractivity contribution in [2.24, 2.45) is 0 Å². The smallest absolute Gasteiger partial charge is 0.259 e. The zero-order valence-corrected chi connectivity index (χ0v) is 14.3. The minimum atomic E-state index is -0.00647. The van der Waals surface area contributed by atoms with Crippen molar-refractivity contribution in [3.63, 3.8) is 0 Å². The predicted octanol–water partition coefficient (Wildman–Crippen LogP) is 2.77. The molecule has 1 aliphatic rings. The summed E-state index contributed by atoms with van der Waals surface area (Å²) < 4.78 is 5.34. The summed E-state index contributed by atoms with van der Waals surface area (Å²) in [5.74, 6) is 1.03. The maximum Gasteiger partial charge on any atom is 0.259 e. The molecule has 2 heterocycles. The van der Waals surface area contributed by atoms with E-state index in [0.717, 1.165) is 18.8 Å². The molecule has 1 fully saturated rings. The first-order chi connectivity index (χ1) is 11.5. The fourth-order valence-electron chi connectivity index (χ4n) is 3.06. The monoisotopic (exact) mass is 329 g/mol. The molecule has 24 heavy (non-hydrogen) atoms. The number of benzene rings is 1. The minimum absolute atomic E-state index is 0.00647. The van der Waals surface area contributed by atoms with Crippen LogP contribution in [-0.2, 0) is 0 Å². The average molecular weight is 329 g/mol. The van der Waals surface area contributed by atoms with Crippen LogP contribution in [0.2, 0.25) is 0 Å². The van der Waals surface area contributed by atoms with Crippen molar-refractivity contribution in [2.45, 2.75) is 26.7 Å². The highest BCUT2D eigenvalue weighted by atomic mass is 16.5. The first-order valence-electron chi connectivity index (χ1n) is 8.26. The number of amides is 1. The van der Waals surface area contributed by atoms with E-state index in [0.29, 0.717) is 30.1 Å². The van der Waals surface area contributed by atoms with E-state index in [1.54, 1.807) is 12.1 Å². The van der Waals surface area contributed by atoms with Gasteiger partial charge in [0.25, 0.3) is 5.91 Å². The van der Waals surface area contributed by atoms with E-state index in [9.17, 15) is 9.90 Å². The van der Waals surface area contributed by atoms with Gasteiger partial charge in [0.2, 0.25) is 0 Å². The van der Waals surface area contributed by atoms with Crippen LogP contribution in [0.3, 0.4) is 0 Å². The van der Waals surface area contributed by atoms with Gasteiger partial charge in [-0.05, 0) is 19.1 Å². The van der Waals surface area contributed by atoms with Crippen LogP contribution in [0.5, 0.6) is 5.75 Å². The summed E-state index contributed by atoms with van der Waals surface area (Å²) in [5.41, 5.74) is 2.24. The third-order valence-electron chi connectivity index (χ3n) is 4.39. The highest BCUT2D eigenvalue weighted by molar-refractivity contribution is 5.96. The second-order valence-corrected chi connectivity index (χ2v) is 6.46. The van der Waals surface area contributed by atoms with Crippen LogP contribution in [0, 0.1) is 6.92 Å². The van der Waals surface area contributed by atoms with Crippen molar-refractivity contribution < 1.29 is 14.4 Å². The number of rotatable bonds is 3. The van der Waals surface area contributed by atoms with Crippen molar-refractivity contribution in [1.29, 1.82) is 0 Å². The molecule has 0 unspecified atom stereocenters. The van der Waals surface area contributed by atoms with E-state index in [4.69, 9.17) is 4.52 Å². The lowest BCUT2D eigenvalue weighted by atomic mass is 10.0. The highest BCUT2D eigenvalue weighted by Crippen LogP contribution is 2.25. The molecule has 0 atom stereocenters. The van der Waals surface area contributed by atoms with Crippen LogP contribution in [0.4, 0.5) is 5.69 Å². The molecule has 0 saturated carbocycles. The van der Waals surface area contributed by atoms with Crippen LogP contribution in [0.15, 0.2) is 28.8 Å². The Morgan fingerprint density at radius 1 is 1.25 bits per heavy atom. The number of carbonyl (C=O) groups excluding carboxylic acids is 1. The Morgan fingerprint density at radius 2 is 1.96 bits per heavy atom. The van der Waals surface area contributed by atoms with E-state index in [2.05, 4.69) is 10.1 Å². The average Bonchev–Trinajstić information content (AvgIpc) is 2.96. The van der Waals surface area contributed by atoms with Crippen molar-refractivity contribution in [2.75, 3.05) is 31.1 Å². The Kier molecular flexibility index (Phi) is 4.46. The minimum Gasteiger partial charge on any atom is -0.508 e. The fraction of sp³-hybridized carbons (Fsp3) is 0.444. The van der Waals surface area contributed by atoms with Gasteiger partial charge in [0.15, 0.2) is 5.76 Å². The van der Waals surface area contributed by atoms with Gasteiger partial charge in [-0.2, -0.15) is 0 Å². The highest BCUT2D eigenvalue weighted by Gasteiger charge is 2.29. The lowest BCUT2D eigenvalue weighted by molar-refractivity contribution is 0.0743. The molecular formula is C18H23N3O3. The van der Waals surface area contributed by atoms with Crippen molar-refractivity contribution >= 4 is 11.6 Å². The summed E-state index contributed by atoms with van der Waals surface area (Å²) in [6, 6.07) is 7.21. The molecule has 1 amide bonds. The van der Waals surface area contributed by atoms with Crippen LogP contribution < -0.4 is 4.90 Å². The summed E-state index contributed by atoms with van der Waals surface area (Å²) in [6.07, 6.45) is 0. The normalized spacial score (nSPS) is 15.2. The van der Waals surface area contributed by atoms with Gasteiger partial charge in [0.1, 0.15) is 11.3 Å². The lowest BCUT2D eigenvalue weighted by Crippen LogP contribution is -2.49.